The third-order valence-electron chi connectivity index (χ3n) is 10.1. The first-order chi connectivity index (χ1) is 18.3. The molecule has 2 aromatic rings. The van der Waals surface area contributed by atoms with Crippen molar-refractivity contribution in [3.05, 3.63) is 72.3 Å². The van der Waals surface area contributed by atoms with Gasteiger partial charge in [0.15, 0.2) is 0 Å². The lowest BCUT2D eigenvalue weighted by atomic mass is 9.70. The van der Waals surface area contributed by atoms with Gasteiger partial charge >= 0.3 is 5.97 Å². The highest BCUT2D eigenvalue weighted by atomic mass is 32.2. The van der Waals surface area contributed by atoms with Crippen molar-refractivity contribution in [2.45, 2.75) is 77.3 Å². The number of nitrogens with zero attached hydrogens (tertiary/aromatic N) is 1. The molecule has 3 aliphatic rings. The average Bonchev–Trinajstić information content (AvgIpc) is 3.41. The van der Waals surface area contributed by atoms with E-state index >= 15 is 0 Å². The SMILES string of the molecule is C=C[C@@H]1CCC(=O)[C@@H]1C(=O)O[C@H]1[C@@H](N(c2cc(C)cc(C)c2)S(=O)(=O)c2ccccc2)[C@H]2CC[C@]1(C)C2(C)C. The number of fused-ring (bicyclic) bond motifs is 2. The van der Waals surface area contributed by atoms with E-state index in [-0.39, 0.29) is 27.9 Å². The zero-order valence-electron chi connectivity index (χ0n) is 23.5. The van der Waals surface area contributed by atoms with Crippen LogP contribution in [0.15, 0.2) is 66.1 Å². The molecule has 6 atom stereocenters. The Bertz CT molecular complexity index is 1400. The van der Waals surface area contributed by atoms with Crippen LogP contribution in [-0.4, -0.2) is 32.3 Å². The molecule has 208 valence electrons. The lowest BCUT2D eigenvalue weighted by Gasteiger charge is -2.43. The molecule has 0 radical (unpaired) electrons. The summed E-state index contributed by atoms with van der Waals surface area (Å²) in [5.74, 6) is -1.87. The summed E-state index contributed by atoms with van der Waals surface area (Å²) in [6, 6.07) is 13.6. The number of hydrogen-bond donors (Lipinski definition) is 0. The van der Waals surface area contributed by atoms with Crippen LogP contribution >= 0.6 is 0 Å². The number of carbonyl (C=O) groups is 2. The second kappa shape index (κ2) is 9.61. The minimum Gasteiger partial charge on any atom is -0.459 e. The van der Waals surface area contributed by atoms with Gasteiger partial charge in [-0.3, -0.25) is 13.9 Å². The molecule has 7 heteroatoms. The van der Waals surface area contributed by atoms with E-state index in [2.05, 4.69) is 27.4 Å². The monoisotopic (exact) mass is 549 g/mol. The van der Waals surface area contributed by atoms with E-state index in [4.69, 9.17) is 4.74 Å². The van der Waals surface area contributed by atoms with Gasteiger partial charge in [-0.2, -0.15) is 0 Å². The molecule has 0 aliphatic heterocycles. The summed E-state index contributed by atoms with van der Waals surface area (Å²) in [6.45, 7) is 14.2. The topological polar surface area (TPSA) is 80.8 Å². The van der Waals surface area contributed by atoms with Crippen LogP contribution in [0.3, 0.4) is 0 Å². The minimum atomic E-state index is -4.03. The van der Waals surface area contributed by atoms with Crippen molar-refractivity contribution in [1.29, 1.82) is 0 Å². The highest BCUT2D eigenvalue weighted by Gasteiger charge is 2.70. The van der Waals surface area contributed by atoms with Crippen molar-refractivity contribution in [3.63, 3.8) is 0 Å². The van der Waals surface area contributed by atoms with Crippen molar-refractivity contribution in [1.82, 2.24) is 0 Å². The predicted molar refractivity (Wildman–Crippen MR) is 152 cm³/mol. The number of ether oxygens (including phenoxy) is 1. The van der Waals surface area contributed by atoms with E-state index in [1.807, 2.05) is 32.0 Å². The Balaban J connectivity index is 1.67. The molecule has 6 nitrogen and oxygen atoms in total. The number of allylic oxidation sites excluding steroid dienone is 1. The van der Waals surface area contributed by atoms with Gasteiger partial charge in [-0.1, -0.05) is 51.1 Å². The molecule has 3 saturated carbocycles. The molecule has 0 unspecified atom stereocenters. The third-order valence-corrected chi connectivity index (χ3v) is 11.9. The van der Waals surface area contributed by atoms with E-state index in [9.17, 15) is 18.0 Å². The molecule has 3 fully saturated rings. The Kier molecular flexibility index (Phi) is 6.81. The van der Waals surface area contributed by atoms with E-state index in [1.54, 1.807) is 36.4 Å². The Morgan fingerprint density at radius 1 is 1.05 bits per heavy atom. The number of esters is 1. The van der Waals surface area contributed by atoms with E-state index in [0.29, 0.717) is 18.5 Å². The Hall–Kier alpha value is -2.93. The van der Waals surface area contributed by atoms with Crippen molar-refractivity contribution >= 4 is 27.5 Å². The maximum absolute atomic E-state index is 14.5. The first-order valence-corrected chi connectivity index (χ1v) is 15.3. The standard InChI is InChI=1S/C32H39NO5S/c1-7-22-13-14-26(34)27(22)30(35)38-29-28(25-15-16-32(29,6)31(25,4)5)33(23-18-20(2)17-21(3)19-23)39(36,37)24-11-9-8-10-12-24/h7-12,17-19,22,25,27-29H,1,13-16H2,2-6H3/t22-,25-,27-,28+,29+,32+/m1/s1. The number of sulfonamides is 1. The van der Waals surface area contributed by atoms with Crippen LogP contribution < -0.4 is 4.31 Å². The number of hydrogen-bond acceptors (Lipinski definition) is 5. The second-order valence-electron chi connectivity index (χ2n) is 12.5. The van der Waals surface area contributed by atoms with Crippen molar-refractivity contribution < 1.29 is 22.7 Å². The zero-order valence-corrected chi connectivity index (χ0v) is 24.3. The Labute approximate surface area is 232 Å². The van der Waals surface area contributed by atoms with Crippen LogP contribution in [0.5, 0.6) is 0 Å². The minimum absolute atomic E-state index is 0.0471. The van der Waals surface area contributed by atoms with Crippen LogP contribution in [0.1, 0.15) is 57.6 Å². The molecule has 2 aromatic carbocycles. The number of aryl methyl sites for hydroxylation is 2. The van der Waals surface area contributed by atoms with Crippen molar-refractivity contribution in [2.24, 2.45) is 28.6 Å². The normalized spacial score (nSPS) is 31.3. The summed E-state index contributed by atoms with van der Waals surface area (Å²) in [5, 5.41) is 0. The molecular weight excluding hydrogens is 510 g/mol. The third kappa shape index (κ3) is 4.24. The molecular formula is C32H39NO5S. The van der Waals surface area contributed by atoms with E-state index < -0.39 is 39.5 Å². The van der Waals surface area contributed by atoms with Gasteiger partial charge in [0.1, 0.15) is 17.8 Å². The molecule has 39 heavy (non-hydrogen) atoms. The van der Waals surface area contributed by atoms with Gasteiger partial charge in [0.2, 0.25) is 0 Å². The molecule has 0 heterocycles. The summed E-state index contributed by atoms with van der Waals surface area (Å²) in [7, 11) is -4.03. The number of carbonyl (C=O) groups excluding carboxylic acids is 2. The van der Waals surface area contributed by atoms with Crippen LogP contribution in [0.2, 0.25) is 0 Å². The van der Waals surface area contributed by atoms with E-state index in [1.165, 1.54) is 4.31 Å². The lowest BCUT2D eigenvalue weighted by molar-refractivity contribution is -0.164. The molecule has 5 rings (SSSR count). The quantitative estimate of drug-likeness (QED) is 0.240. The van der Waals surface area contributed by atoms with Gasteiger partial charge < -0.3 is 4.74 Å². The van der Waals surface area contributed by atoms with Gasteiger partial charge in [-0.05, 0) is 85.8 Å². The molecule has 0 N–H and O–H groups in total. The first-order valence-electron chi connectivity index (χ1n) is 13.9. The maximum atomic E-state index is 14.5. The molecule has 0 amide bonds. The summed E-state index contributed by atoms with van der Waals surface area (Å²) < 4.78 is 36.9. The van der Waals surface area contributed by atoms with E-state index in [0.717, 1.165) is 24.0 Å². The van der Waals surface area contributed by atoms with Gasteiger partial charge in [-0.15, -0.1) is 6.58 Å². The highest BCUT2D eigenvalue weighted by molar-refractivity contribution is 7.92. The van der Waals surface area contributed by atoms with Gasteiger partial charge in [0.05, 0.1) is 16.6 Å². The molecule has 3 aliphatic carbocycles. The summed E-state index contributed by atoms with van der Waals surface area (Å²) in [5.41, 5.74) is 1.70. The van der Waals surface area contributed by atoms with Gasteiger partial charge in [0, 0.05) is 11.8 Å². The molecule has 0 saturated heterocycles. The van der Waals surface area contributed by atoms with Gasteiger partial charge in [-0.25, -0.2) is 8.42 Å². The average molecular weight is 550 g/mol. The largest absolute Gasteiger partial charge is 0.459 e. The zero-order chi connectivity index (χ0) is 28.3. The fourth-order valence-electron chi connectivity index (χ4n) is 7.63. The summed E-state index contributed by atoms with van der Waals surface area (Å²) >= 11 is 0. The summed E-state index contributed by atoms with van der Waals surface area (Å²) in [4.78, 5) is 26.6. The Morgan fingerprint density at radius 3 is 2.31 bits per heavy atom. The molecule has 0 aromatic heterocycles. The predicted octanol–water partition coefficient (Wildman–Crippen LogP) is 6.02. The second-order valence-corrected chi connectivity index (χ2v) is 14.3. The number of anilines is 1. The smallest absolute Gasteiger partial charge is 0.317 e. The van der Waals surface area contributed by atoms with Crippen molar-refractivity contribution in [2.75, 3.05) is 4.31 Å². The number of rotatable bonds is 7. The lowest BCUT2D eigenvalue weighted by Crippen LogP contribution is -2.54. The molecule has 0 spiro atoms. The van der Waals surface area contributed by atoms with Gasteiger partial charge in [0.25, 0.3) is 10.0 Å². The Morgan fingerprint density at radius 2 is 1.69 bits per heavy atom. The van der Waals surface area contributed by atoms with Crippen LogP contribution in [0, 0.1) is 42.4 Å². The van der Waals surface area contributed by atoms with Crippen LogP contribution in [0.4, 0.5) is 5.69 Å². The fourth-order valence-corrected chi connectivity index (χ4v) is 9.32. The fraction of sp³-hybridized carbons (Fsp3) is 0.500. The number of ketones is 1. The van der Waals surface area contributed by atoms with Crippen molar-refractivity contribution in [3.8, 4) is 0 Å². The van der Waals surface area contributed by atoms with Crippen LogP contribution in [0.25, 0.3) is 0 Å². The number of benzene rings is 2. The number of Topliss-reactive ketones (excluding diaryl/α,β-unsaturated/α-hetero) is 1. The highest BCUT2D eigenvalue weighted by Crippen LogP contribution is 2.68. The molecule has 2 bridgehead atoms. The maximum Gasteiger partial charge on any atom is 0.317 e. The van der Waals surface area contributed by atoms with Crippen LogP contribution in [-0.2, 0) is 24.3 Å². The summed E-state index contributed by atoms with van der Waals surface area (Å²) in [6.07, 6.45) is 3.51. The first kappa shape index (κ1) is 27.6.